The number of nitrogens with one attached hydrogen (secondary N) is 3. The number of rotatable bonds is 5. The molecule has 2 saturated heterocycles. The Morgan fingerprint density at radius 2 is 1.90 bits per heavy atom. The van der Waals surface area contributed by atoms with Gasteiger partial charge in [0.1, 0.15) is 5.65 Å². The Balaban J connectivity index is 1.36. The number of aromatic amines is 1. The van der Waals surface area contributed by atoms with E-state index in [1.54, 1.807) is 0 Å². The van der Waals surface area contributed by atoms with E-state index in [-0.39, 0.29) is 0 Å². The molecule has 2 fully saturated rings. The van der Waals surface area contributed by atoms with E-state index in [9.17, 15) is 0 Å². The predicted octanol–water partition coefficient (Wildman–Crippen LogP) is 3.93. The highest BCUT2D eigenvalue weighted by atomic mass is 16.5. The zero-order chi connectivity index (χ0) is 19.5. The Kier molecular flexibility index (Phi) is 5.45. The molecule has 0 saturated carbocycles. The maximum absolute atomic E-state index is 5.55. The molecule has 2 aliphatic rings. The molecule has 29 heavy (non-hydrogen) atoms. The topological polar surface area (TPSA) is 74.9 Å². The van der Waals surface area contributed by atoms with E-state index < -0.39 is 0 Å². The van der Waals surface area contributed by atoms with Crippen LogP contribution >= 0.6 is 0 Å². The van der Waals surface area contributed by atoms with Gasteiger partial charge in [-0.15, -0.1) is 0 Å². The normalized spacial score (nSPS) is 18.9. The first kappa shape index (κ1) is 18.6. The summed E-state index contributed by atoms with van der Waals surface area (Å²) in [6, 6.07) is 8.52. The standard InChI is InChI=1S/C23H29N5O/c1-2-18(28-20(3-1)17-4-9-24-10-5-17)14-26-21-6-11-25-23-22(21)19(15-27-23)16-7-12-29-13-8-16/h1-3,6,11,15-17,24H,4-5,7-10,12-14H2,(H2,25,26,27). The number of hydrogen-bond acceptors (Lipinski definition) is 5. The second-order valence-electron chi connectivity index (χ2n) is 8.14. The first-order valence-corrected chi connectivity index (χ1v) is 10.8. The smallest absolute Gasteiger partial charge is 0.139 e. The average molecular weight is 392 g/mol. The SMILES string of the molecule is c1cc(CNc2ccnc3[nH]cc(C4CCOCC4)c23)nc(C2CCNCC2)c1. The summed E-state index contributed by atoms with van der Waals surface area (Å²) in [6.45, 7) is 4.58. The highest BCUT2D eigenvalue weighted by molar-refractivity contribution is 5.92. The van der Waals surface area contributed by atoms with Crippen molar-refractivity contribution >= 4 is 16.7 Å². The molecular formula is C23H29N5O. The average Bonchev–Trinajstić information content (AvgIpc) is 3.24. The minimum absolute atomic E-state index is 0.531. The van der Waals surface area contributed by atoms with E-state index in [1.807, 2.05) is 6.20 Å². The summed E-state index contributed by atoms with van der Waals surface area (Å²) < 4.78 is 5.55. The zero-order valence-corrected chi connectivity index (χ0v) is 16.8. The summed E-state index contributed by atoms with van der Waals surface area (Å²) in [6.07, 6.45) is 8.49. The summed E-state index contributed by atoms with van der Waals surface area (Å²) in [5, 5.41) is 8.29. The number of pyridine rings is 2. The quantitative estimate of drug-likeness (QED) is 0.614. The third-order valence-electron chi connectivity index (χ3n) is 6.31. The lowest BCUT2D eigenvalue weighted by Crippen LogP contribution is -2.27. The molecule has 0 aromatic carbocycles. The molecular weight excluding hydrogens is 362 g/mol. The summed E-state index contributed by atoms with van der Waals surface area (Å²) in [7, 11) is 0. The fourth-order valence-corrected chi connectivity index (χ4v) is 4.69. The number of fused-ring (bicyclic) bond motifs is 1. The van der Waals surface area contributed by atoms with Crippen molar-refractivity contribution in [3.05, 3.63) is 53.6 Å². The lowest BCUT2D eigenvalue weighted by atomic mass is 9.91. The van der Waals surface area contributed by atoms with Crippen LogP contribution in [0.15, 0.2) is 36.7 Å². The number of hydrogen-bond donors (Lipinski definition) is 3. The van der Waals surface area contributed by atoms with Gasteiger partial charge in [0.05, 0.1) is 12.2 Å². The minimum atomic E-state index is 0.531. The van der Waals surface area contributed by atoms with E-state index in [4.69, 9.17) is 9.72 Å². The second-order valence-corrected chi connectivity index (χ2v) is 8.14. The molecule has 152 valence electrons. The lowest BCUT2D eigenvalue weighted by molar-refractivity contribution is 0.0856. The van der Waals surface area contributed by atoms with Crippen LogP contribution in [0.2, 0.25) is 0 Å². The molecule has 0 atom stereocenters. The van der Waals surface area contributed by atoms with Crippen LogP contribution in [0.5, 0.6) is 0 Å². The molecule has 0 unspecified atom stereocenters. The maximum atomic E-state index is 5.55. The summed E-state index contributed by atoms with van der Waals surface area (Å²) in [5.41, 5.74) is 5.76. The zero-order valence-electron chi connectivity index (χ0n) is 16.8. The van der Waals surface area contributed by atoms with Crippen LogP contribution < -0.4 is 10.6 Å². The van der Waals surface area contributed by atoms with Gasteiger partial charge in [0, 0.05) is 48.3 Å². The highest BCUT2D eigenvalue weighted by Gasteiger charge is 2.21. The Morgan fingerprint density at radius 1 is 1.03 bits per heavy atom. The van der Waals surface area contributed by atoms with Crippen LogP contribution in [-0.4, -0.2) is 41.3 Å². The largest absolute Gasteiger partial charge is 0.381 e. The van der Waals surface area contributed by atoms with Crippen molar-refractivity contribution in [3.8, 4) is 0 Å². The number of ether oxygens (including phenoxy) is 1. The van der Waals surface area contributed by atoms with Gasteiger partial charge in [-0.2, -0.15) is 0 Å². The van der Waals surface area contributed by atoms with Gasteiger partial charge in [0.25, 0.3) is 0 Å². The van der Waals surface area contributed by atoms with Crippen molar-refractivity contribution in [2.24, 2.45) is 0 Å². The highest BCUT2D eigenvalue weighted by Crippen LogP contribution is 2.35. The third-order valence-corrected chi connectivity index (χ3v) is 6.31. The molecule has 6 nitrogen and oxygen atoms in total. The third kappa shape index (κ3) is 4.00. The molecule has 0 bridgehead atoms. The molecule has 0 aliphatic carbocycles. The maximum Gasteiger partial charge on any atom is 0.139 e. The fourth-order valence-electron chi connectivity index (χ4n) is 4.69. The van der Waals surface area contributed by atoms with E-state index in [2.05, 4.69) is 51.1 Å². The molecule has 5 heterocycles. The van der Waals surface area contributed by atoms with Gasteiger partial charge in [-0.05, 0) is 68.5 Å². The molecule has 5 rings (SSSR count). The Hall–Kier alpha value is -2.44. The Bertz CT molecular complexity index is 957. The van der Waals surface area contributed by atoms with Crippen LogP contribution in [0.25, 0.3) is 11.0 Å². The Labute approximate surface area is 171 Å². The van der Waals surface area contributed by atoms with E-state index in [1.165, 1.54) is 29.5 Å². The van der Waals surface area contributed by atoms with Crippen LogP contribution in [0, 0.1) is 0 Å². The van der Waals surface area contributed by atoms with Crippen molar-refractivity contribution in [1.29, 1.82) is 0 Å². The van der Waals surface area contributed by atoms with E-state index >= 15 is 0 Å². The molecule has 3 aromatic rings. The molecule has 6 heteroatoms. The molecule has 0 spiro atoms. The summed E-state index contributed by atoms with van der Waals surface area (Å²) >= 11 is 0. The van der Waals surface area contributed by atoms with Crippen LogP contribution in [0.3, 0.4) is 0 Å². The molecule has 3 aromatic heterocycles. The van der Waals surface area contributed by atoms with Crippen LogP contribution in [0.4, 0.5) is 5.69 Å². The second kappa shape index (κ2) is 8.51. The van der Waals surface area contributed by atoms with Crippen LogP contribution in [0.1, 0.15) is 54.5 Å². The number of nitrogens with zero attached hydrogens (tertiary/aromatic N) is 2. The number of piperidine rings is 1. The minimum Gasteiger partial charge on any atom is -0.381 e. The van der Waals surface area contributed by atoms with Crippen molar-refractivity contribution in [3.63, 3.8) is 0 Å². The van der Waals surface area contributed by atoms with Crippen molar-refractivity contribution in [2.75, 3.05) is 31.6 Å². The molecule has 3 N–H and O–H groups in total. The van der Waals surface area contributed by atoms with Gasteiger partial charge in [-0.1, -0.05) is 6.07 Å². The van der Waals surface area contributed by atoms with Crippen molar-refractivity contribution in [2.45, 2.75) is 44.1 Å². The number of aromatic nitrogens is 3. The van der Waals surface area contributed by atoms with Crippen molar-refractivity contribution < 1.29 is 4.74 Å². The van der Waals surface area contributed by atoms with Gasteiger partial charge in [0.15, 0.2) is 0 Å². The number of anilines is 1. The van der Waals surface area contributed by atoms with Gasteiger partial charge in [-0.25, -0.2) is 4.98 Å². The van der Waals surface area contributed by atoms with Gasteiger partial charge >= 0.3 is 0 Å². The molecule has 2 aliphatic heterocycles. The first-order valence-electron chi connectivity index (χ1n) is 10.8. The van der Waals surface area contributed by atoms with Gasteiger partial charge in [0.2, 0.25) is 0 Å². The van der Waals surface area contributed by atoms with E-state index in [0.717, 1.165) is 62.7 Å². The lowest BCUT2D eigenvalue weighted by Gasteiger charge is -2.23. The predicted molar refractivity (Wildman–Crippen MR) is 115 cm³/mol. The molecule has 0 amide bonds. The fraction of sp³-hybridized carbons (Fsp3) is 0.478. The van der Waals surface area contributed by atoms with E-state index in [0.29, 0.717) is 11.8 Å². The number of H-pyrrole nitrogens is 1. The van der Waals surface area contributed by atoms with Gasteiger partial charge in [-0.3, -0.25) is 4.98 Å². The molecule has 0 radical (unpaired) electrons. The summed E-state index contributed by atoms with van der Waals surface area (Å²) in [4.78, 5) is 12.9. The van der Waals surface area contributed by atoms with Crippen molar-refractivity contribution in [1.82, 2.24) is 20.3 Å². The monoisotopic (exact) mass is 391 g/mol. The Morgan fingerprint density at radius 3 is 2.76 bits per heavy atom. The summed E-state index contributed by atoms with van der Waals surface area (Å²) in [5.74, 6) is 1.11. The van der Waals surface area contributed by atoms with Gasteiger partial charge < -0.3 is 20.4 Å². The first-order chi connectivity index (χ1) is 14.4. The van der Waals surface area contributed by atoms with Crippen LogP contribution in [-0.2, 0) is 11.3 Å².